The first-order valence-electron chi connectivity index (χ1n) is 11.8. The molecule has 0 spiro atoms. The lowest BCUT2D eigenvalue weighted by Crippen LogP contribution is -2.30. The number of rotatable bonds is 10. The molecule has 1 N–H and O–H groups in total. The largest absolute Gasteiger partial charge is 0.494 e. The van der Waals surface area contributed by atoms with Crippen LogP contribution in [0.15, 0.2) is 84.0 Å². The first-order valence-corrected chi connectivity index (χ1v) is 12.8. The Kier molecular flexibility index (Phi) is 8.57. The summed E-state index contributed by atoms with van der Waals surface area (Å²) in [6.07, 6.45) is 3.37. The number of nitrogens with zero attached hydrogens (tertiary/aromatic N) is 2. The van der Waals surface area contributed by atoms with Gasteiger partial charge in [0.15, 0.2) is 0 Å². The average Bonchev–Trinajstić information content (AvgIpc) is 3.27. The van der Waals surface area contributed by atoms with Gasteiger partial charge in [-0.25, -0.2) is 5.43 Å². The second-order valence-electron chi connectivity index (χ2n) is 8.22. The zero-order valence-electron chi connectivity index (χ0n) is 19.7. The van der Waals surface area contributed by atoms with Gasteiger partial charge in [0.05, 0.1) is 18.6 Å². The van der Waals surface area contributed by atoms with Crippen LogP contribution in [0.5, 0.6) is 5.75 Å². The van der Waals surface area contributed by atoms with Crippen LogP contribution in [0.2, 0.25) is 0 Å². The van der Waals surface area contributed by atoms with Crippen molar-refractivity contribution in [3.8, 4) is 5.75 Å². The van der Waals surface area contributed by atoms with Crippen LogP contribution in [-0.2, 0) is 11.2 Å². The molecule has 0 aromatic heterocycles. The SMILES string of the molecule is CCCOc1ccc(/C=N\NC(=O)c2ccc([C@@H]3SCC(=O)N3CCc3ccccc3)cc2)cc1. The van der Waals surface area contributed by atoms with Crippen molar-refractivity contribution >= 4 is 29.8 Å². The molecule has 0 saturated carbocycles. The summed E-state index contributed by atoms with van der Waals surface area (Å²) >= 11 is 1.62. The lowest BCUT2D eigenvalue weighted by atomic mass is 10.1. The molecule has 180 valence electrons. The molecule has 7 heteroatoms. The monoisotopic (exact) mass is 487 g/mol. The van der Waals surface area contributed by atoms with Gasteiger partial charge in [0.1, 0.15) is 11.1 Å². The summed E-state index contributed by atoms with van der Waals surface area (Å²) in [5.74, 6) is 1.15. The van der Waals surface area contributed by atoms with E-state index in [0.29, 0.717) is 24.5 Å². The van der Waals surface area contributed by atoms with E-state index in [2.05, 4.69) is 29.6 Å². The molecule has 0 aliphatic carbocycles. The van der Waals surface area contributed by atoms with Crippen molar-refractivity contribution in [2.75, 3.05) is 18.9 Å². The van der Waals surface area contributed by atoms with Gasteiger partial charge in [-0.3, -0.25) is 9.59 Å². The standard InChI is InChI=1S/C28H29N3O3S/c1-2-18-34-25-14-8-22(9-15-25)19-29-30-27(33)23-10-12-24(13-11-23)28-31(26(32)20-35-28)17-16-21-6-4-3-5-7-21/h3-15,19,28H,2,16-18,20H2,1H3,(H,30,33)/b29-19-/t28-/m0/s1. The number of hydrogen-bond donors (Lipinski definition) is 1. The van der Waals surface area contributed by atoms with Crippen LogP contribution < -0.4 is 10.2 Å². The second-order valence-corrected chi connectivity index (χ2v) is 9.29. The summed E-state index contributed by atoms with van der Waals surface area (Å²) in [4.78, 5) is 26.9. The third-order valence-electron chi connectivity index (χ3n) is 5.64. The molecule has 1 aliphatic heterocycles. The number of hydrogen-bond acceptors (Lipinski definition) is 5. The van der Waals surface area contributed by atoms with E-state index in [9.17, 15) is 9.59 Å². The third kappa shape index (κ3) is 6.73. The Labute approximate surface area is 210 Å². The molecule has 3 aromatic rings. The van der Waals surface area contributed by atoms with E-state index in [4.69, 9.17) is 4.74 Å². The molecule has 1 saturated heterocycles. The van der Waals surface area contributed by atoms with E-state index >= 15 is 0 Å². The van der Waals surface area contributed by atoms with Gasteiger partial charge in [0.25, 0.3) is 5.91 Å². The van der Waals surface area contributed by atoms with E-state index < -0.39 is 0 Å². The van der Waals surface area contributed by atoms with Gasteiger partial charge >= 0.3 is 0 Å². The first-order chi connectivity index (χ1) is 17.1. The second kappa shape index (κ2) is 12.2. The smallest absolute Gasteiger partial charge is 0.271 e. The van der Waals surface area contributed by atoms with Crippen LogP contribution in [0.1, 0.15) is 45.8 Å². The molecule has 1 aliphatic rings. The van der Waals surface area contributed by atoms with Gasteiger partial charge in [-0.2, -0.15) is 5.10 Å². The van der Waals surface area contributed by atoms with Gasteiger partial charge in [-0.05, 0) is 65.9 Å². The molecule has 6 nitrogen and oxygen atoms in total. The molecule has 1 heterocycles. The Balaban J connectivity index is 1.32. The molecule has 1 fully saturated rings. The maximum Gasteiger partial charge on any atom is 0.271 e. The molecule has 3 aromatic carbocycles. The molecule has 0 unspecified atom stereocenters. The van der Waals surface area contributed by atoms with E-state index in [1.807, 2.05) is 59.5 Å². The molecule has 35 heavy (non-hydrogen) atoms. The quantitative estimate of drug-likeness (QED) is 0.321. The Bertz CT molecular complexity index is 1150. The van der Waals surface area contributed by atoms with Crippen LogP contribution in [0.3, 0.4) is 0 Å². The van der Waals surface area contributed by atoms with Crippen LogP contribution in [-0.4, -0.2) is 41.8 Å². The molecule has 4 rings (SSSR count). The fourth-order valence-corrected chi connectivity index (χ4v) is 4.98. The van der Waals surface area contributed by atoms with E-state index in [1.165, 1.54) is 5.56 Å². The van der Waals surface area contributed by atoms with E-state index in [-0.39, 0.29) is 17.2 Å². The lowest BCUT2D eigenvalue weighted by Gasteiger charge is -2.24. The highest BCUT2D eigenvalue weighted by molar-refractivity contribution is 8.00. The molecular weight excluding hydrogens is 458 g/mol. The summed E-state index contributed by atoms with van der Waals surface area (Å²) in [5.41, 5.74) is 6.17. The van der Waals surface area contributed by atoms with Crippen molar-refractivity contribution < 1.29 is 14.3 Å². The minimum Gasteiger partial charge on any atom is -0.494 e. The van der Waals surface area contributed by atoms with Crippen LogP contribution >= 0.6 is 11.8 Å². The van der Waals surface area contributed by atoms with Gasteiger partial charge in [-0.15, -0.1) is 11.8 Å². The van der Waals surface area contributed by atoms with Crippen molar-refractivity contribution in [2.24, 2.45) is 5.10 Å². The Morgan fingerprint density at radius 3 is 2.54 bits per heavy atom. The maximum atomic E-state index is 12.5. The zero-order chi connectivity index (χ0) is 24.5. The van der Waals surface area contributed by atoms with Crippen molar-refractivity contribution in [1.82, 2.24) is 10.3 Å². The minimum atomic E-state index is -0.285. The van der Waals surface area contributed by atoms with Crippen LogP contribution in [0, 0.1) is 0 Å². The average molecular weight is 488 g/mol. The summed E-state index contributed by atoms with van der Waals surface area (Å²) in [5, 5.41) is 4.03. The molecule has 2 amide bonds. The van der Waals surface area contributed by atoms with Gasteiger partial charge in [-0.1, -0.05) is 49.4 Å². The van der Waals surface area contributed by atoms with E-state index in [1.54, 1.807) is 30.1 Å². The molecule has 0 radical (unpaired) electrons. The Morgan fingerprint density at radius 2 is 1.83 bits per heavy atom. The minimum absolute atomic E-state index is 0.0365. The van der Waals surface area contributed by atoms with E-state index in [0.717, 1.165) is 29.7 Å². The lowest BCUT2D eigenvalue weighted by molar-refractivity contribution is -0.128. The van der Waals surface area contributed by atoms with Gasteiger partial charge in [0, 0.05) is 12.1 Å². The Morgan fingerprint density at radius 1 is 1.09 bits per heavy atom. The number of ether oxygens (including phenoxy) is 1. The fraction of sp³-hybridized carbons (Fsp3) is 0.250. The highest BCUT2D eigenvalue weighted by Crippen LogP contribution is 2.38. The van der Waals surface area contributed by atoms with Crippen LogP contribution in [0.4, 0.5) is 0 Å². The predicted octanol–water partition coefficient (Wildman–Crippen LogP) is 5.06. The maximum absolute atomic E-state index is 12.5. The summed E-state index contributed by atoms with van der Waals surface area (Å²) in [6, 6.07) is 25.1. The van der Waals surface area contributed by atoms with Crippen molar-refractivity contribution in [1.29, 1.82) is 0 Å². The van der Waals surface area contributed by atoms with Crippen molar-refractivity contribution in [3.05, 3.63) is 101 Å². The Hall–Kier alpha value is -3.58. The number of hydrazone groups is 1. The zero-order valence-corrected chi connectivity index (χ0v) is 20.5. The molecule has 0 bridgehead atoms. The first kappa shape index (κ1) is 24.5. The third-order valence-corrected chi connectivity index (χ3v) is 6.90. The molecular formula is C28H29N3O3S. The van der Waals surface area contributed by atoms with Gasteiger partial charge in [0.2, 0.25) is 5.91 Å². The van der Waals surface area contributed by atoms with Crippen LogP contribution in [0.25, 0.3) is 0 Å². The van der Waals surface area contributed by atoms with Crippen molar-refractivity contribution in [3.63, 3.8) is 0 Å². The number of thioether (sulfide) groups is 1. The normalized spacial score (nSPS) is 15.5. The number of benzene rings is 3. The number of carbonyl (C=O) groups is 2. The van der Waals surface area contributed by atoms with Gasteiger partial charge < -0.3 is 9.64 Å². The summed E-state index contributed by atoms with van der Waals surface area (Å²) < 4.78 is 5.57. The highest BCUT2D eigenvalue weighted by atomic mass is 32.2. The summed E-state index contributed by atoms with van der Waals surface area (Å²) in [7, 11) is 0. The molecule has 1 atom stereocenters. The van der Waals surface area contributed by atoms with Crippen molar-refractivity contribution in [2.45, 2.75) is 25.1 Å². The number of nitrogens with one attached hydrogen (secondary N) is 1. The highest BCUT2D eigenvalue weighted by Gasteiger charge is 2.32. The predicted molar refractivity (Wildman–Crippen MR) is 141 cm³/mol. The fourth-order valence-electron chi connectivity index (χ4n) is 3.77. The number of amides is 2. The topological polar surface area (TPSA) is 71.0 Å². The number of carbonyl (C=O) groups excluding carboxylic acids is 2. The summed E-state index contributed by atoms with van der Waals surface area (Å²) in [6.45, 7) is 3.42.